The summed E-state index contributed by atoms with van der Waals surface area (Å²) >= 11 is 0. The number of methoxy groups -OCH3 is 1. The first kappa shape index (κ1) is 22.7. The molecule has 1 aliphatic heterocycles. The van der Waals surface area contributed by atoms with E-state index in [1.807, 2.05) is 30.3 Å². The van der Waals surface area contributed by atoms with E-state index in [0.717, 1.165) is 5.56 Å². The van der Waals surface area contributed by atoms with Gasteiger partial charge in [-0.25, -0.2) is 8.42 Å². The maximum atomic E-state index is 12.9. The van der Waals surface area contributed by atoms with Gasteiger partial charge in [0.1, 0.15) is 12.0 Å². The summed E-state index contributed by atoms with van der Waals surface area (Å²) in [6, 6.07) is 15.6. The second kappa shape index (κ2) is 10.4. The third kappa shape index (κ3) is 5.81. The lowest BCUT2D eigenvalue weighted by molar-refractivity contribution is -0.139. The van der Waals surface area contributed by atoms with Crippen molar-refractivity contribution in [2.75, 3.05) is 33.4 Å². The van der Waals surface area contributed by atoms with Gasteiger partial charge in [-0.05, 0) is 36.2 Å². The van der Waals surface area contributed by atoms with Crippen LogP contribution in [0.1, 0.15) is 5.56 Å². The summed E-state index contributed by atoms with van der Waals surface area (Å²) in [4.78, 5) is 24.2. The second-order valence-electron chi connectivity index (χ2n) is 6.82. The highest BCUT2D eigenvalue weighted by molar-refractivity contribution is 7.89. The van der Waals surface area contributed by atoms with Crippen molar-refractivity contribution >= 4 is 21.8 Å². The molecule has 1 fully saturated rings. The van der Waals surface area contributed by atoms with Gasteiger partial charge >= 0.3 is 11.8 Å². The van der Waals surface area contributed by atoms with Crippen LogP contribution < -0.4 is 15.4 Å². The Bertz CT molecular complexity index is 996. The summed E-state index contributed by atoms with van der Waals surface area (Å²) in [5.41, 5.74) is 1.04. The van der Waals surface area contributed by atoms with Gasteiger partial charge in [-0.1, -0.05) is 30.3 Å². The molecule has 10 heteroatoms. The van der Waals surface area contributed by atoms with Crippen LogP contribution in [0.4, 0.5) is 0 Å². The lowest BCUT2D eigenvalue weighted by Crippen LogP contribution is -2.47. The van der Waals surface area contributed by atoms with Gasteiger partial charge in [0, 0.05) is 13.1 Å². The van der Waals surface area contributed by atoms with Gasteiger partial charge in [-0.2, -0.15) is 4.31 Å². The van der Waals surface area contributed by atoms with Gasteiger partial charge in [0.25, 0.3) is 0 Å². The van der Waals surface area contributed by atoms with E-state index in [9.17, 15) is 18.0 Å². The summed E-state index contributed by atoms with van der Waals surface area (Å²) in [5.74, 6) is -1.08. The summed E-state index contributed by atoms with van der Waals surface area (Å²) in [5, 5.41) is 4.99. The molecule has 2 amide bonds. The molecule has 0 aliphatic carbocycles. The van der Waals surface area contributed by atoms with E-state index >= 15 is 0 Å². The number of rotatable bonds is 8. The van der Waals surface area contributed by atoms with Gasteiger partial charge in [0.15, 0.2) is 0 Å². The minimum Gasteiger partial charge on any atom is -0.497 e. The number of hydrogen-bond donors (Lipinski definition) is 2. The zero-order valence-electron chi connectivity index (χ0n) is 17.1. The van der Waals surface area contributed by atoms with E-state index in [1.165, 1.54) is 23.5 Å². The zero-order chi connectivity index (χ0) is 22.3. The quantitative estimate of drug-likeness (QED) is 0.571. The van der Waals surface area contributed by atoms with Crippen LogP contribution in [0.25, 0.3) is 0 Å². The second-order valence-corrected chi connectivity index (χ2v) is 8.71. The van der Waals surface area contributed by atoms with E-state index in [4.69, 9.17) is 9.47 Å². The van der Waals surface area contributed by atoms with Crippen LogP contribution in [0, 0.1) is 0 Å². The first-order valence-electron chi connectivity index (χ1n) is 9.79. The van der Waals surface area contributed by atoms with Gasteiger partial charge in [0.05, 0.1) is 25.2 Å². The van der Waals surface area contributed by atoms with E-state index < -0.39 is 28.1 Å². The summed E-state index contributed by atoms with van der Waals surface area (Å²) in [6.45, 7) is 0.520. The van der Waals surface area contributed by atoms with Crippen molar-refractivity contribution in [2.45, 2.75) is 17.5 Å². The highest BCUT2D eigenvalue weighted by Gasteiger charge is 2.36. The Morgan fingerprint density at radius 2 is 1.74 bits per heavy atom. The molecule has 31 heavy (non-hydrogen) atoms. The first-order chi connectivity index (χ1) is 14.9. The minimum atomic E-state index is -3.82. The Morgan fingerprint density at radius 1 is 1.06 bits per heavy atom. The molecule has 0 unspecified atom stereocenters. The number of sulfonamides is 1. The van der Waals surface area contributed by atoms with Crippen molar-refractivity contribution in [3.63, 3.8) is 0 Å². The molecule has 3 rings (SSSR count). The zero-order valence-corrected chi connectivity index (χ0v) is 17.9. The number of hydrogen-bond acceptors (Lipinski definition) is 6. The molecule has 0 saturated carbocycles. The largest absolute Gasteiger partial charge is 0.497 e. The fraction of sp³-hybridized carbons (Fsp3) is 0.333. The van der Waals surface area contributed by atoms with E-state index in [2.05, 4.69) is 10.6 Å². The molecule has 2 aromatic carbocycles. The highest BCUT2D eigenvalue weighted by Crippen LogP contribution is 2.23. The summed E-state index contributed by atoms with van der Waals surface area (Å²) in [6.07, 6.45) is -0.299. The minimum absolute atomic E-state index is 0.0915. The van der Waals surface area contributed by atoms with Gasteiger partial charge in [-0.15, -0.1) is 0 Å². The predicted octanol–water partition coefficient (Wildman–Crippen LogP) is 0.517. The van der Waals surface area contributed by atoms with Crippen LogP contribution in [0.3, 0.4) is 0 Å². The van der Waals surface area contributed by atoms with E-state index in [0.29, 0.717) is 18.7 Å². The molecule has 0 spiro atoms. The third-order valence-electron chi connectivity index (χ3n) is 4.79. The molecule has 2 N–H and O–H groups in total. The lowest BCUT2D eigenvalue weighted by atomic mass is 10.1. The standard InChI is InChI=1S/C21H25N3O6S/c1-29-17-7-9-18(10-8-17)31(27,28)24-13-14-30-19(24)15-23-21(26)20(25)22-12-11-16-5-3-2-4-6-16/h2-10,19H,11-15H2,1H3,(H,22,25)(H,23,26)/t19-/m0/s1. The van der Waals surface area contributed by atoms with Crippen LogP contribution in [-0.2, 0) is 30.8 Å². The van der Waals surface area contributed by atoms with Crippen LogP contribution in [0.5, 0.6) is 5.75 Å². The summed E-state index contributed by atoms with van der Waals surface area (Å²) < 4.78 is 37.5. The molecule has 1 saturated heterocycles. The third-order valence-corrected chi connectivity index (χ3v) is 6.70. The average molecular weight is 448 g/mol. The normalized spacial score (nSPS) is 16.6. The molecule has 9 nitrogen and oxygen atoms in total. The van der Waals surface area contributed by atoms with Crippen LogP contribution >= 0.6 is 0 Å². The Hall–Kier alpha value is -2.95. The van der Waals surface area contributed by atoms with Crippen molar-refractivity contribution in [1.29, 1.82) is 0 Å². The van der Waals surface area contributed by atoms with Crippen LogP contribution in [0.2, 0.25) is 0 Å². The van der Waals surface area contributed by atoms with E-state index in [1.54, 1.807) is 12.1 Å². The van der Waals surface area contributed by atoms with Crippen molar-refractivity contribution < 1.29 is 27.5 Å². The fourth-order valence-corrected chi connectivity index (χ4v) is 4.64. The number of ether oxygens (including phenoxy) is 2. The van der Waals surface area contributed by atoms with Gasteiger partial charge < -0.3 is 20.1 Å². The topological polar surface area (TPSA) is 114 Å². The molecule has 2 aromatic rings. The van der Waals surface area contributed by atoms with Crippen molar-refractivity contribution in [1.82, 2.24) is 14.9 Å². The van der Waals surface area contributed by atoms with Crippen molar-refractivity contribution in [2.24, 2.45) is 0 Å². The van der Waals surface area contributed by atoms with Crippen LogP contribution in [-0.4, -0.2) is 64.1 Å². The highest BCUT2D eigenvalue weighted by atomic mass is 32.2. The monoisotopic (exact) mass is 447 g/mol. The van der Waals surface area contributed by atoms with Gasteiger partial charge in [0.2, 0.25) is 10.0 Å². The smallest absolute Gasteiger partial charge is 0.309 e. The molecule has 0 bridgehead atoms. The van der Waals surface area contributed by atoms with Crippen molar-refractivity contribution in [3.8, 4) is 5.75 Å². The Balaban J connectivity index is 1.51. The van der Waals surface area contributed by atoms with Crippen molar-refractivity contribution in [3.05, 3.63) is 60.2 Å². The Morgan fingerprint density at radius 3 is 2.42 bits per heavy atom. The molecular formula is C21H25N3O6S. The lowest BCUT2D eigenvalue weighted by Gasteiger charge is -2.23. The maximum Gasteiger partial charge on any atom is 0.309 e. The number of carbonyl (C=O) groups excluding carboxylic acids is 2. The molecule has 1 aliphatic rings. The first-order valence-corrected chi connectivity index (χ1v) is 11.2. The van der Waals surface area contributed by atoms with Gasteiger partial charge in [-0.3, -0.25) is 9.59 Å². The number of nitrogens with zero attached hydrogens (tertiary/aromatic N) is 1. The molecule has 1 heterocycles. The van der Waals surface area contributed by atoms with E-state index in [-0.39, 0.29) is 24.6 Å². The molecule has 166 valence electrons. The number of benzene rings is 2. The number of nitrogens with one attached hydrogen (secondary N) is 2. The maximum absolute atomic E-state index is 12.9. The fourth-order valence-electron chi connectivity index (χ4n) is 3.13. The molecule has 0 radical (unpaired) electrons. The SMILES string of the molecule is COc1ccc(S(=O)(=O)N2CCO[C@H]2CNC(=O)C(=O)NCCc2ccccc2)cc1. The average Bonchev–Trinajstić information content (AvgIpc) is 3.27. The molecule has 1 atom stereocenters. The Labute approximate surface area is 181 Å². The predicted molar refractivity (Wildman–Crippen MR) is 113 cm³/mol. The summed E-state index contributed by atoms with van der Waals surface area (Å²) in [7, 11) is -2.33. The molecule has 0 aromatic heterocycles. The Kier molecular flexibility index (Phi) is 7.61. The molecular weight excluding hydrogens is 422 g/mol. The number of amides is 2. The number of carbonyl (C=O) groups is 2. The van der Waals surface area contributed by atoms with Crippen LogP contribution in [0.15, 0.2) is 59.5 Å².